The summed E-state index contributed by atoms with van der Waals surface area (Å²) in [6.45, 7) is 6.06. The van der Waals surface area contributed by atoms with Crippen LogP contribution in [0.25, 0.3) is 0 Å². The van der Waals surface area contributed by atoms with Gasteiger partial charge in [-0.15, -0.1) is 0 Å². The van der Waals surface area contributed by atoms with Crippen molar-refractivity contribution in [1.29, 1.82) is 0 Å². The van der Waals surface area contributed by atoms with Gasteiger partial charge < -0.3 is 20.3 Å². The predicted octanol–water partition coefficient (Wildman–Crippen LogP) is 0.117. The number of anilines is 1. The molecule has 0 radical (unpaired) electrons. The number of nitrogen functional groups attached to an aromatic ring is 1. The predicted molar refractivity (Wildman–Crippen MR) is 65.5 cm³/mol. The molecule has 1 aliphatic rings. The average Bonchev–Trinajstić information content (AvgIpc) is 2.98. The van der Waals surface area contributed by atoms with E-state index in [1.165, 1.54) is 0 Å². The third-order valence-electron chi connectivity index (χ3n) is 1.33. The number of nitrogens with zero attached hydrogens (tertiary/aromatic N) is 1. The summed E-state index contributed by atoms with van der Waals surface area (Å²) < 4.78 is 21.6. The molecule has 8 heteroatoms. The summed E-state index contributed by atoms with van der Waals surface area (Å²) in [7, 11) is 1.00. The van der Waals surface area contributed by atoms with Gasteiger partial charge >= 0.3 is 5.69 Å². The number of halogens is 1. The Balaban J connectivity index is 0. The number of H-pyrrole nitrogens is 1. The van der Waals surface area contributed by atoms with E-state index in [9.17, 15) is 9.18 Å². The van der Waals surface area contributed by atoms with Gasteiger partial charge in [-0.2, -0.15) is 4.98 Å². The first-order valence-electron chi connectivity index (χ1n) is 5.30. The van der Waals surface area contributed by atoms with Crippen molar-refractivity contribution >= 4 is 5.82 Å². The highest BCUT2D eigenvalue weighted by molar-refractivity contribution is 5.25. The van der Waals surface area contributed by atoms with Crippen molar-refractivity contribution in [2.75, 3.05) is 32.9 Å². The molecule has 0 aromatic carbocycles. The number of hydrogen-bond acceptors (Lipinski definition) is 6. The molecule has 1 aliphatic heterocycles. The Bertz CT molecular complexity index is 335. The molecule has 0 amide bonds. The Kier molecular flexibility index (Phi) is 14.2. The van der Waals surface area contributed by atoms with Crippen molar-refractivity contribution in [2.45, 2.75) is 13.8 Å². The van der Waals surface area contributed by atoms with E-state index in [0.29, 0.717) is 6.79 Å². The van der Waals surface area contributed by atoms with Gasteiger partial charge in [0.2, 0.25) is 0 Å². The standard InChI is InChI=1S/C4H4FN3O.C3H6O2.C2H6.CH4O/c5-2-1-7-4(9)8-3(2)6;1-2-5-3-4-1;2*1-2/h1H,(H3,6,7,8,9);1-3H2;1-2H3;2H,1H3. The van der Waals surface area contributed by atoms with Gasteiger partial charge in [-0.3, -0.25) is 4.98 Å². The van der Waals surface area contributed by atoms with Gasteiger partial charge in [0.05, 0.1) is 19.4 Å². The SMILES string of the molecule is C1COCO1.CC.CO.Nc1[nH]c(=O)ncc1F. The molecule has 0 saturated carbocycles. The fraction of sp³-hybridized carbons (Fsp3) is 0.600. The van der Waals surface area contributed by atoms with Crippen molar-refractivity contribution in [3.63, 3.8) is 0 Å². The molecule has 18 heavy (non-hydrogen) atoms. The van der Waals surface area contributed by atoms with E-state index in [0.717, 1.165) is 26.5 Å². The molecule has 7 nitrogen and oxygen atoms in total. The molecule has 0 atom stereocenters. The monoisotopic (exact) mass is 265 g/mol. The van der Waals surface area contributed by atoms with Gasteiger partial charge in [-0.25, -0.2) is 9.18 Å². The van der Waals surface area contributed by atoms with E-state index in [1.807, 2.05) is 18.8 Å². The first kappa shape index (κ1) is 18.8. The van der Waals surface area contributed by atoms with Crippen LogP contribution in [0.15, 0.2) is 11.0 Å². The van der Waals surface area contributed by atoms with Crippen LogP contribution >= 0.6 is 0 Å². The fourth-order valence-electron chi connectivity index (χ4n) is 0.687. The summed E-state index contributed by atoms with van der Waals surface area (Å²) in [5.41, 5.74) is 4.31. The van der Waals surface area contributed by atoms with Crippen molar-refractivity contribution in [1.82, 2.24) is 9.97 Å². The highest BCUT2D eigenvalue weighted by atomic mass is 19.1. The molecule has 0 spiro atoms. The van der Waals surface area contributed by atoms with Crippen LogP contribution in [0.1, 0.15) is 13.8 Å². The molecule has 1 saturated heterocycles. The molecule has 2 heterocycles. The van der Waals surface area contributed by atoms with E-state index in [1.54, 1.807) is 0 Å². The minimum Gasteiger partial charge on any atom is -0.400 e. The second-order valence-electron chi connectivity index (χ2n) is 2.38. The summed E-state index contributed by atoms with van der Waals surface area (Å²) in [5, 5.41) is 7.00. The van der Waals surface area contributed by atoms with Gasteiger partial charge in [0, 0.05) is 7.11 Å². The molecule has 2 rings (SSSR count). The number of ether oxygens (including phenoxy) is 2. The Morgan fingerprint density at radius 3 is 2.17 bits per heavy atom. The number of nitrogens with two attached hydrogens (primary N) is 1. The van der Waals surface area contributed by atoms with Crippen molar-refractivity contribution < 1.29 is 19.0 Å². The van der Waals surface area contributed by atoms with Crippen LogP contribution in [0, 0.1) is 5.82 Å². The van der Waals surface area contributed by atoms with Crippen LogP contribution in [0.3, 0.4) is 0 Å². The Morgan fingerprint density at radius 1 is 1.39 bits per heavy atom. The van der Waals surface area contributed by atoms with Crippen molar-refractivity contribution in [3.8, 4) is 0 Å². The zero-order valence-electron chi connectivity index (χ0n) is 10.8. The zero-order chi connectivity index (χ0) is 14.4. The van der Waals surface area contributed by atoms with E-state index < -0.39 is 11.5 Å². The molecular weight excluding hydrogens is 245 g/mol. The minimum absolute atomic E-state index is 0.282. The molecule has 0 unspecified atom stereocenters. The zero-order valence-corrected chi connectivity index (χ0v) is 10.8. The number of aromatic nitrogens is 2. The lowest BCUT2D eigenvalue weighted by atomic mass is 10.6. The topological polar surface area (TPSA) is 110 Å². The van der Waals surface area contributed by atoms with E-state index in [-0.39, 0.29) is 5.82 Å². The maximum Gasteiger partial charge on any atom is 0.346 e. The van der Waals surface area contributed by atoms with Crippen LogP contribution in [0.4, 0.5) is 10.2 Å². The molecule has 0 aliphatic carbocycles. The van der Waals surface area contributed by atoms with Gasteiger partial charge in [-0.05, 0) is 0 Å². The number of nitrogens with one attached hydrogen (secondary N) is 1. The highest BCUT2D eigenvalue weighted by Crippen LogP contribution is 1.96. The summed E-state index contributed by atoms with van der Waals surface area (Å²) >= 11 is 0. The first-order valence-corrected chi connectivity index (χ1v) is 5.30. The van der Waals surface area contributed by atoms with Gasteiger partial charge in [0.15, 0.2) is 5.82 Å². The Hall–Kier alpha value is -1.51. The van der Waals surface area contributed by atoms with E-state index in [2.05, 4.69) is 4.98 Å². The van der Waals surface area contributed by atoms with Crippen LogP contribution in [0.2, 0.25) is 0 Å². The summed E-state index contributed by atoms with van der Waals surface area (Å²) in [5.74, 6) is -0.996. The fourth-order valence-corrected chi connectivity index (χ4v) is 0.687. The van der Waals surface area contributed by atoms with Gasteiger partial charge in [-0.1, -0.05) is 13.8 Å². The molecule has 4 N–H and O–H groups in total. The lowest BCUT2D eigenvalue weighted by Crippen LogP contribution is -2.12. The second-order valence-corrected chi connectivity index (χ2v) is 2.38. The largest absolute Gasteiger partial charge is 0.400 e. The normalized spacial score (nSPS) is 12.1. The minimum atomic E-state index is -0.713. The van der Waals surface area contributed by atoms with Crippen LogP contribution < -0.4 is 11.4 Å². The van der Waals surface area contributed by atoms with E-state index in [4.69, 9.17) is 20.3 Å². The molecular formula is C10H20FN3O4. The van der Waals surface area contributed by atoms with Crippen LogP contribution in [-0.4, -0.2) is 42.2 Å². The molecule has 1 aromatic heterocycles. The Labute approximate surface area is 105 Å². The van der Waals surface area contributed by atoms with Crippen molar-refractivity contribution in [3.05, 3.63) is 22.5 Å². The summed E-state index contributed by atoms with van der Waals surface area (Å²) in [6, 6.07) is 0. The van der Waals surface area contributed by atoms with Gasteiger partial charge in [0.1, 0.15) is 12.6 Å². The smallest absolute Gasteiger partial charge is 0.346 e. The Morgan fingerprint density at radius 2 is 1.89 bits per heavy atom. The molecule has 1 fully saturated rings. The maximum atomic E-state index is 12.1. The van der Waals surface area contributed by atoms with E-state index >= 15 is 0 Å². The molecule has 0 bridgehead atoms. The first-order chi connectivity index (χ1) is 8.70. The van der Waals surface area contributed by atoms with Crippen molar-refractivity contribution in [2.24, 2.45) is 0 Å². The maximum absolute atomic E-state index is 12.1. The summed E-state index contributed by atoms with van der Waals surface area (Å²) in [4.78, 5) is 15.3. The quantitative estimate of drug-likeness (QED) is 0.614. The third kappa shape index (κ3) is 9.70. The van der Waals surface area contributed by atoms with Crippen LogP contribution in [-0.2, 0) is 9.47 Å². The average molecular weight is 265 g/mol. The number of aliphatic hydroxyl groups is 1. The van der Waals surface area contributed by atoms with Crippen LogP contribution in [0.5, 0.6) is 0 Å². The third-order valence-corrected chi connectivity index (χ3v) is 1.33. The highest BCUT2D eigenvalue weighted by Gasteiger charge is 1.95. The number of hydrogen-bond donors (Lipinski definition) is 3. The molecule has 106 valence electrons. The lowest BCUT2D eigenvalue weighted by molar-refractivity contribution is 0.0692. The number of rotatable bonds is 0. The molecule has 1 aromatic rings. The number of aromatic amines is 1. The lowest BCUT2D eigenvalue weighted by Gasteiger charge is -1.89. The number of aliphatic hydroxyl groups excluding tert-OH is 1. The second kappa shape index (κ2) is 13.6. The summed E-state index contributed by atoms with van der Waals surface area (Å²) in [6.07, 6.45) is 0.772. The van der Waals surface area contributed by atoms with Gasteiger partial charge in [0.25, 0.3) is 0 Å².